The molecule has 12 heavy (non-hydrogen) atoms. The molecule has 0 amide bonds. The molecule has 0 spiro atoms. The maximum Gasteiger partial charge on any atom is 0.202 e. The van der Waals surface area contributed by atoms with Crippen molar-refractivity contribution in [1.29, 1.82) is 0 Å². The molecule has 0 bridgehead atoms. The first-order valence-electron chi connectivity index (χ1n) is 3.92. The molecule has 1 radical (unpaired) electrons. The van der Waals surface area contributed by atoms with E-state index in [2.05, 4.69) is 0 Å². The molecule has 0 aliphatic rings. The molecule has 0 saturated carbocycles. The Bertz CT molecular complexity index is 287. The van der Waals surface area contributed by atoms with Gasteiger partial charge >= 0.3 is 0 Å². The SMILES string of the molecule is Cc1ccccc1C=CC[C]=O. The second-order valence-corrected chi connectivity index (χ2v) is 2.61. The van der Waals surface area contributed by atoms with E-state index in [9.17, 15) is 4.79 Å². The summed E-state index contributed by atoms with van der Waals surface area (Å²) in [6, 6.07) is 8.05. The Morgan fingerprint density at radius 2 is 2.17 bits per heavy atom. The van der Waals surface area contributed by atoms with Crippen LogP contribution in [0.15, 0.2) is 30.3 Å². The van der Waals surface area contributed by atoms with E-state index >= 15 is 0 Å². The molecular weight excluding hydrogens is 148 g/mol. The smallest absolute Gasteiger partial charge is 0.202 e. The third kappa shape index (κ3) is 2.35. The van der Waals surface area contributed by atoms with Gasteiger partial charge in [-0.3, -0.25) is 4.79 Å². The molecule has 0 aliphatic carbocycles. The van der Waals surface area contributed by atoms with Crippen molar-refractivity contribution in [2.45, 2.75) is 13.3 Å². The predicted octanol–water partition coefficient (Wildman–Crippen LogP) is 2.51. The lowest BCUT2D eigenvalue weighted by atomic mass is 10.1. The van der Waals surface area contributed by atoms with E-state index in [1.54, 1.807) is 0 Å². The molecule has 1 rings (SSSR count). The van der Waals surface area contributed by atoms with Crippen LogP contribution in [0.1, 0.15) is 17.5 Å². The van der Waals surface area contributed by atoms with E-state index < -0.39 is 0 Å². The van der Waals surface area contributed by atoms with Gasteiger partial charge in [0.2, 0.25) is 6.29 Å². The average Bonchev–Trinajstić information content (AvgIpc) is 2.09. The number of carbonyl (C=O) groups excluding carboxylic acids is 1. The number of allylic oxidation sites excluding steroid dienone is 1. The van der Waals surface area contributed by atoms with Crippen LogP contribution in [0.5, 0.6) is 0 Å². The van der Waals surface area contributed by atoms with Crippen molar-refractivity contribution in [2.75, 3.05) is 0 Å². The molecule has 0 saturated heterocycles. The van der Waals surface area contributed by atoms with Gasteiger partial charge in [0.05, 0.1) is 0 Å². The highest BCUT2D eigenvalue weighted by molar-refractivity contribution is 5.59. The first kappa shape index (κ1) is 8.72. The van der Waals surface area contributed by atoms with Crippen molar-refractivity contribution < 1.29 is 4.79 Å². The van der Waals surface area contributed by atoms with Gasteiger partial charge < -0.3 is 0 Å². The monoisotopic (exact) mass is 159 g/mol. The molecule has 0 fully saturated rings. The van der Waals surface area contributed by atoms with Crippen LogP contribution in [-0.4, -0.2) is 6.29 Å². The number of rotatable bonds is 3. The fourth-order valence-electron chi connectivity index (χ4n) is 1.01. The number of hydrogen-bond donors (Lipinski definition) is 0. The van der Waals surface area contributed by atoms with Crippen LogP contribution in [0.25, 0.3) is 6.08 Å². The van der Waals surface area contributed by atoms with Gasteiger partial charge in [0.15, 0.2) is 0 Å². The molecule has 0 atom stereocenters. The van der Waals surface area contributed by atoms with Gasteiger partial charge in [0.1, 0.15) is 0 Å². The Balaban J connectivity index is 2.74. The van der Waals surface area contributed by atoms with E-state index in [-0.39, 0.29) is 0 Å². The molecule has 0 N–H and O–H groups in total. The first-order chi connectivity index (χ1) is 5.84. The molecule has 1 nitrogen and oxygen atoms in total. The lowest BCUT2D eigenvalue weighted by molar-refractivity contribution is 0.556. The summed E-state index contributed by atoms with van der Waals surface area (Å²) >= 11 is 0. The minimum absolute atomic E-state index is 0.369. The van der Waals surface area contributed by atoms with Crippen LogP contribution >= 0.6 is 0 Å². The van der Waals surface area contributed by atoms with E-state index in [4.69, 9.17) is 0 Å². The summed E-state index contributed by atoms with van der Waals surface area (Å²) in [6.45, 7) is 2.05. The first-order valence-corrected chi connectivity index (χ1v) is 3.92. The fourth-order valence-corrected chi connectivity index (χ4v) is 1.01. The molecule has 0 aromatic heterocycles. The quantitative estimate of drug-likeness (QED) is 0.662. The summed E-state index contributed by atoms with van der Waals surface area (Å²) in [5, 5.41) is 0. The van der Waals surface area contributed by atoms with Gasteiger partial charge in [-0.15, -0.1) is 0 Å². The van der Waals surface area contributed by atoms with Crippen LogP contribution in [-0.2, 0) is 4.79 Å². The summed E-state index contributed by atoms with van der Waals surface area (Å²) in [5.41, 5.74) is 2.38. The van der Waals surface area contributed by atoms with Gasteiger partial charge in [-0.1, -0.05) is 36.4 Å². The van der Waals surface area contributed by atoms with Gasteiger partial charge in [-0.2, -0.15) is 0 Å². The van der Waals surface area contributed by atoms with Crippen LogP contribution < -0.4 is 0 Å². The molecule has 0 unspecified atom stereocenters. The van der Waals surface area contributed by atoms with Crippen molar-refractivity contribution in [3.05, 3.63) is 41.5 Å². The third-order valence-electron chi connectivity index (χ3n) is 1.69. The van der Waals surface area contributed by atoms with Crippen molar-refractivity contribution >= 4 is 12.4 Å². The lowest BCUT2D eigenvalue weighted by Crippen LogP contribution is -1.77. The van der Waals surface area contributed by atoms with E-state index in [1.807, 2.05) is 49.6 Å². The van der Waals surface area contributed by atoms with Crippen LogP contribution in [0.3, 0.4) is 0 Å². The van der Waals surface area contributed by atoms with Gasteiger partial charge in [-0.05, 0) is 18.1 Å². The second kappa shape index (κ2) is 4.50. The highest BCUT2D eigenvalue weighted by Gasteiger charge is 1.89. The zero-order chi connectivity index (χ0) is 8.81. The summed E-state index contributed by atoms with van der Waals surface area (Å²) < 4.78 is 0. The molecule has 1 aromatic carbocycles. The molecule has 0 heterocycles. The molecule has 61 valence electrons. The minimum atomic E-state index is 0.369. The number of hydrogen-bond acceptors (Lipinski definition) is 1. The standard InChI is InChI=1S/C11H11O/c1-10-6-2-3-7-11(10)8-4-5-9-12/h2-4,6-8H,5H2,1H3. The minimum Gasteiger partial charge on any atom is -0.291 e. The Labute approximate surface area is 72.7 Å². The third-order valence-corrected chi connectivity index (χ3v) is 1.69. The second-order valence-electron chi connectivity index (χ2n) is 2.61. The highest BCUT2D eigenvalue weighted by atomic mass is 16.1. The summed E-state index contributed by atoms with van der Waals surface area (Å²) in [7, 11) is 0. The van der Waals surface area contributed by atoms with Crippen molar-refractivity contribution in [2.24, 2.45) is 0 Å². The number of aryl methyl sites for hydroxylation is 1. The lowest BCUT2D eigenvalue weighted by Gasteiger charge is -1.96. The number of benzene rings is 1. The van der Waals surface area contributed by atoms with Crippen LogP contribution in [0.4, 0.5) is 0 Å². The largest absolute Gasteiger partial charge is 0.291 e. The zero-order valence-electron chi connectivity index (χ0n) is 7.08. The van der Waals surface area contributed by atoms with Gasteiger partial charge in [-0.25, -0.2) is 0 Å². The van der Waals surface area contributed by atoms with Gasteiger partial charge in [0.25, 0.3) is 0 Å². The maximum absolute atomic E-state index is 9.90. The molecule has 1 heteroatoms. The topological polar surface area (TPSA) is 17.1 Å². The van der Waals surface area contributed by atoms with Crippen LogP contribution in [0.2, 0.25) is 0 Å². The normalized spacial score (nSPS) is 10.4. The molecule has 1 aromatic rings. The van der Waals surface area contributed by atoms with Crippen molar-refractivity contribution in [3.63, 3.8) is 0 Å². The summed E-state index contributed by atoms with van der Waals surface area (Å²) in [4.78, 5) is 9.90. The van der Waals surface area contributed by atoms with Crippen molar-refractivity contribution in [1.82, 2.24) is 0 Å². The van der Waals surface area contributed by atoms with E-state index in [0.29, 0.717) is 6.42 Å². The fraction of sp³-hybridized carbons (Fsp3) is 0.182. The van der Waals surface area contributed by atoms with E-state index in [1.165, 1.54) is 5.56 Å². The average molecular weight is 159 g/mol. The molecular formula is C11H11O. The van der Waals surface area contributed by atoms with Gasteiger partial charge in [0, 0.05) is 6.42 Å². The van der Waals surface area contributed by atoms with Crippen molar-refractivity contribution in [3.8, 4) is 0 Å². The zero-order valence-corrected chi connectivity index (χ0v) is 7.08. The molecule has 0 aliphatic heterocycles. The Morgan fingerprint density at radius 3 is 2.83 bits per heavy atom. The Hall–Kier alpha value is -1.37. The summed E-state index contributed by atoms with van der Waals surface area (Å²) in [5.74, 6) is 0. The highest BCUT2D eigenvalue weighted by Crippen LogP contribution is 2.08. The van der Waals surface area contributed by atoms with Crippen LogP contribution in [0, 0.1) is 6.92 Å². The summed E-state index contributed by atoms with van der Waals surface area (Å²) in [6.07, 6.45) is 5.95. The predicted molar refractivity (Wildman–Crippen MR) is 50.5 cm³/mol. The Morgan fingerprint density at radius 1 is 1.42 bits per heavy atom. The maximum atomic E-state index is 9.90. The Kier molecular flexibility index (Phi) is 3.27. The van der Waals surface area contributed by atoms with E-state index in [0.717, 1.165) is 5.56 Å².